The van der Waals surface area contributed by atoms with Gasteiger partial charge >= 0.3 is 0 Å². The van der Waals surface area contributed by atoms with Gasteiger partial charge in [-0.25, -0.2) is 0 Å². The van der Waals surface area contributed by atoms with Gasteiger partial charge in [0.05, 0.1) is 30.6 Å². The maximum atomic E-state index is 13.2. The van der Waals surface area contributed by atoms with E-state index in [1.54, 1.807) is 19.2 Å². The van der Waals surface area contributed by atoms with Gasteiger partial charge in [0.15, 0.2) is 0 Å². The average molecular weight is 472 g/mol. The predicted octanol–water partition coefficient (Wildman–Crippen LogP) is 4.70. The number of carbonyl (C=O) groups is 2. The zero-order valence-corrected chi connectivity index (χ0v) is 19.9. The number of hydrogen-bond donors (Lipinski definition) is 2. The molecule has 8 heteroatoms. The molecule has 33 heavy (non-hydrogen) atoms. The highest BCUT2D eigenvalue weighted by molar-refractivity contribution is 6.34. The minimum Gasteiger partial charge on any atom is -0.497 e. The second kappa shape index (κ2) is 10.0. The summed E-state index contributed by atoms with van der Waals surface area (Å²) in [6.07, 6.45) is 3.90. The molecule has 176 valence electrons. The van der Waals surface area contributed by atoms with Crippen molar-refractivity contribution in [3.8, 4) is 11.5 Å². The van der Waals surface area contributed by atoms with E-state index in [1.807, 2.05) is 12.1 Å². The summed E-state index contributed by atoms with van der Waals surface area (Å²) >= 11 is 6.31. The SMILES string of the molecule is COc1ccc(CN2C3CCC2CC(C(=O)Nc2cc(Cl)c(NC(C)=O)cc2OC)C3)cc1. The number of ether oxygens (including phenoxy) is 2. The Hall–Kier alpha value is -2.77. The van der Waals surface area contributed by atoms with Crippen LogP contribution in [0.3, 0.4) is 0 Å². The highest BCUT2D eigenvalue weighted by Crippen LogP contribution is 2.41. The highest BCUT2D eigenvalue weighted by Gasteiger charge is 2.42. The van der Waals surface area contributed by atoms with Crippen LogP contribution in [0, 0.1) is 5.92 Å². The lowest BCUT2D eigenvalue weighted by Gasteiger charge is -2.38. The fourth-order valence-electron chi connectivity index (χ4n) is 5.03. The van der Waals surface area contributed by atoms with Gasteiger partial charge in [0.25, 0.3) is 0 Å². The average Bonchev–Trinajstić information content (AvgIpc) is 3.02. The van der Waals surface area contributed by atoms with Crippen molar-refractivity contribution in [2.24, 2.45) is 5.92 Å². The minimum absolute atomic E-state index is 0.0161. The molecule has 4 rings (SSSR count). The molecule has 2 amide bonds. The van der Waals surface area contributed by atoms with Crippen LogP contribution in [0.2, 0.25) is 5.02 Å². The summed E-state index contributed by atoms with van der Waals surface area (Å²) in [5.74, 6) is 1.01. The van der Waals surface area contributed by atoms with E-state index in [0.29, 0.717) is 34.2 Å². The van der Waals surface area contributed by atoms with Crippen LogP contribution in [0.1, 0.15) is 38.2 Å². The summed E-state index contributed by atoms with van der Waals surface area (Å²) in [4.78, 5) is 27.1. The largest absolute Gasteiger partial charge is 0.497 e. The highest BCUT2D eigenvalue weighted by atomic mass is 35.5. The van der Waals surface area contributed by atoms with Crippen LogP contribution in [0.5, 0.6) is 11.5 Å². The predicted molar refractivity (Wildman–Crippen MR) is 129 cm³/mol. The third-order valence-corrected chi connectivity index (χ3v) is 6.95. The Balaban J connectivity index is 1.41. The van der Waals surface area contributed by atoms with Crippen molar-refractivity contribution >= 4 is 34.8 Å². The maximum absolute atomic E-state index is 13.2. The zero-order valence-electron chi connectivity index (χ0n) is 19.2. The summed E-state index contributed by atoms with van der Waals surface area (Å²) in [6, 6.07) is 12.2. The molecular weight excluding hydrogens is 442 g/mol. The quantitative estimate of drug-likeness (QED) is 0.612. The van der Waals surface area contributed by atoms with Gasteiger partial charge in [-0.2, -0.15) is 0 Å². The summed E-state index contributed by atoms with van der Waals surface area (Å²) in [5, 5.41) is 6.01. The Kier molecular flexibility index (Phi) is 7.10. The summed E-state index contributed by atoms with van der Waals surface area (Å²) < 4.78 is 10.7. The van der Waals surface area contributed by atoms with Crippen molar-refractivity contribution in [2.75, 3.05) is 24.9 Å². The lowest BCUT2D eigenvalue weighted by atomic mass is 9.89. The first kappa shape index (κ1) is 23.4. The third-order valence-electron chi connectivity index (χ3n) is 6.64. The van der Waals surface area contributed by atoms with Gasteiger partial charge in [0.2, 0.25) is 11.8 Å². The number of nitrogens with zero attached hydrogens (tertiary/aromatic N) is 1. The summed E-state index contributed by atoms with van der Waals surface area (Å²) in [7, 11) is 3.19. The van der Waals surface area contributed by atoms with Gasteiger partial charge < -0.3 is 20.1 Å². The minimum atomic E-state index is -0.229. The first-order chi connectivity index (χ1) is 15.9. The van der Waals surface area contributed by atoms with Gasteiger partial charge in [0.1, 0.15) is 11.5 Å². The molecule has 0 aliphatic carbocycles. The molecule has 2 aliphatic heterocycles. The zero-order chi connectivity index (χ0) is 23.5. The number of benzene rings is 2. The van der Waals surface area contributed by atoms with Crippen LogP contribution in [-0.2, 0) is 16.1 Å². The van der Waals surface area contributed by atoms with E-state index in [9.17, 15) is 9.59 Å². The number of carbonyl (C=O) groups excluding carboxylic acids is 2. The molecule has 2 aliphatic rings. The number of anilines is 2. The lowest BCUT2D eigenvalue weighted by molar-refractivity contribution is -0.122. The van der Waals surface area contributed by atoms with E-state index < -0.39 is 0 Å². The standard InChI is InChI=1S/C25H30ClN3O4/c1-15(30)27-22-13-24(33-3)23(12-21(22)26)28-25(31)17-10-18-6-7-19(11-17)29(18)14-16-4-8-20(32-2)9-5-16/h4-5,8-9,12-13,17-19H,6-7,10-11,14H2,1-3H3,(H,27,30)(H,28,31). The van der Waals surface area contributed by atoms with Gasteiger partial charge in [-0.3, -0.25) is 14.5 Å². The van der Waals surface area contributed by atoms with E-state index in [1.165, 1.54) is 19.6 Å². The molecule has 0 radical (unpaired) electrons. The van der Waals surface area contributed by atoms with E-state index in [0.717, 1.165) is 38.0 Å². The van der Waals surface area contributed by atoms with Gasteiger partial charge in [-0.1, -0.05) is 23.7 Å². The molecule has 2 fully saturated rings. The molecule has 0 saturated carbocycles. The van der Waals surface area contributed by atoms with Crippen molar-refractivity contribution in [3.05, 3.63) is 47.0 Å². The van der Waals surface area contributed by atoms with Crippen molar-refractivity contribution < 1.29 is 19.1 Å². The summed E-state index contributed by atoms with van der Waals surface area (Å²) in [5.41, 5.74) is 2.22. The van der Waals surface area contributed by atoms with Crippen LogP contribution in [0.25, 0.3) is 0 Å². The van der Waals surface area contributed by atoms with Crippen molar-refractivity contribution in [3.63, 3.8) is 0 Å². The molecule has 2 atom stereocenters. The molecule has 7 nitrogen and oxygen atoms in total. The van der Waals surface area contributed by atoms with Crippen molar-refractivity contribution in [1.29, 1.82) is 0 Å². The first-order valence-corrected chi connectivity index (χ1v) is 11.6. The van der Waals surface area contributed by atoms with Gasteiger partial charge in [0, 0.05) is 37.5 Å². The second-order valence-corrected chi connectivity index (χ2v) is 9.18. The molecule has 0 aromatic heterocycles. The lowest BCUT2D eigenvalue weighted by Crippen LogP contribution is -2.45. The van der Waals surface area contributed by atoms with Crippen LogP contribution in [0.4, 0.5) is 11.4 Å². The van der Waals surface area contributed by atoms with Gasteiger partial charge in [-0.15, -0.1) is 0 Å². The number of piperidine rings is 1. The fraction of sp³-hybridized carbons (Fsp3) is 0.440. The van der Waals surface area contributed by atoms with E-state index in [4.69, 9.17) is 21.1 Å². The molecule has 2 bridgehead atoms. The van der Waals surface area contributed by atoms with Crippen molar-refractivity contribution in [1.82, 2.24) is 4.90 Å². The van der Waals surface area contributed by atoms with Crippen molar-refractivity contribution in [2.45, 2.75) is 51.2 Å². The normalized spacial score (nSPS) is 22.0. The molecule has 0 spiro atoms. The number of methoxy groups -OCH3 is 2. The number of fused-ring (bicyclic) bond motifs is 2. The number of halogens is 1. The van der Waals surface area contributed by atoms with E-state index >= 15 is 0 Å². The van der Waals surface area contributed by atoms with Crippen LogP contribution < -0.4 is 20.1 Å². The summed E-state index contributed by atoms with van der Waals surface area (Å²) in [6.45, 7) is 2.30. The third kappa shape index (κ3) is 5.25. The number of nitrogens with one attached hydrogen (secondary N) is 2. The van der Waals surface area contributed by atoms with Crippen LogP contribution in [0.15, 0.2) is 36.4 Å². The Morgan fingerprint density at radius 3 is 2.24 bits per heavy atom. The Labute approximate surface area is 199 Å². The molecule has 2 N–H and O–H groups in total. The monoisotopic (exact) mass is 471 g/mol. The van der Waals surface area contributed by atoms with Gasteiger partial charge in [-0.05, 0) is 49.4 Å². The Morgan fingerprint density at radius 2 is 1.67 bits per heavy atom. The number of amides is 2. The number of rotatable bonds is 7. The molecule has 2 aromatic carbocycles. The smallest absolute Gasteiger partial charge is 0.227 e. The number of hydrogen-bond acceptors (Lipinski definition) is 5. The Bertz CT molecular complexity index is 1010. The van der Waals surface area contributed by atoms with E-state index in [-0.39, 0.29) is 17.7 Å². The fourth-order valence-corrected chi connectivity index (χ4v) is 5.24. The van der Waals surface area contributed by atoms with Crippen LogP contribution >= 0.6 is 11.6 Å². The Morgan fingerprint density at radius 1 is 1.00 bits per heavy atom. The molecular formula is C25H30ClN3O4. The maximum Gasteiger partial charge on any atom is 0.227 e. The second-order valence-electron chi connectivity index (χ2n) is 8.78. The molecule has 2 saturated heterocycles. The molecule has 2 aromatic rings. The van der Waals surface area contributed by atoms with E-state index in [2.05, 4.69) is 27.7 Å². The molecule has 2 heterocycles. The van der Waals surface area contributed by atoms with Crippen LogP contribution in [-0.4, -0.2) is 43.0 Å². The molecule has 2 unspecified atom stereocenters. The first-order valence-electron chi connectivity index (χ1n) is 11.2. The topological polar surface area (TPSA) is 79.9 Å².